The number of nitrogens with one attached hydrogen (secondary N) is 2. The summed E-state index contributed by atoms with van der Waals surface area (Å²) >= 11 is 0. The van der Waals surface area contributed by atoms with Crippen molar-refractivity contribution in [3.8, 4) is 5.75 Å². The van der Waals surface area contributed by atoms with E-state index in [4.69, 9.17) is 4.74 Å². The molecule has 4 nitrogen and oxygen atoms in total. The first kappa shape index (κ1) is 11.8. The number of fused-ring (bicyclic) bond motifs is 1. The highest BCUT2D eigenvalue weighted by molar-refractivity contribution is 6.03. The van der Waals surface area contributed by atoms with Gasteiger partial charge < -0.3 is 15.4 Å². The number of anilines is 2. The number of carbonyl (C=O) groups excluding carboxylic acids is 1. The minimum absolute atomic E-state index is 0.0273. The van der Waals surface area contributed by atoms with Gasteiger partial charge in [0.15, 0.2) is 0 Å². The third-order valence-corrected chi connectivity index (χ3v) is 2.84. The van der Waals surface area contributed by atoms with Crippen LogP contribution in [0.2, 0.25) is 0 Å². The summed E-state index contributed by atoms with van der Waals surface area (Å²) in [5.74, 6) is 1.26. The van der Waals surface area contributed by atoms with Crippen LogP contribution in [0.15, 0.2) is 18.2 Å². The Morgan fingerprint density at radius 1 is 1.35 bits per heavy atom. The smallest absolute Gasteiger partial charge is 0.246 e. The van der Waals surface area contributed by atoms with Gasteiger partial charge in [-0.05, 0) is 24.5 Å². The molecule has 0 bridgehead atoms. The van der Waals surface area contributed by atoms with Crippen LogP contribution in [0.25, 0.3) is 0 Å². The van der Waals surface area contributed by atoms with Crippen molar-refractivity contribution in [1.82, 2.24) is 0 Å². The van der Waals surface area contributed by atoms with Gasteiger partial charge in [0.1, 0.15) is 11.8 Å². The topological polar surface area (TPSA) is 50.4 Å². The number of methoxy groups -OCH3 is 1. The second-order valence-corrected chi connectivity index (χ2v) is 4.73. The monoisotopic (exact) mass is 234 g/mol. The third kappa shape index (κ3) is 2.52. The van der Waals surface area contributed by atoms with Crippen LogP contribution < -0.4 is 15.4 Å². The number of amides is 1. The molecule has 0 aliphatic carbocycles. The quantitative estimate of drug-likeness (QED) is 0.844. The van der Waals surface area contributed by atoms with Gasteiger partial charge in [-0.1, -0.05) is 13.8 Å². The van der Waals surface area contributed by atoms with Crippen LogP contribution in [0.5, 0.6) is 5.75 Å². The summed E-state index contributed by atoms with van der Waals surface area (Å²) in [6.45, 7) is 4.22. The summed E-state index contributed by atoms with van der Waals surface area (Å²) in [5.41, 5.74) is 1.74. The summed E-state index contributed by atoms with van der Waals surface area (Å²) in [7, 11) is 1.61. The number of rotatable bonds is 3. The summed E-state index contributed by atoms with van der Waals surface area (Å²) < 4.78 is 5.13. The first-order valence-corrected chi connectivity index (χ1v) is 5.85. The number of hydrogen-bond donors (Lipinski definition) is 2. The average molecular weight is 234 g/mol. The highest BCUT2D eigenvalue weighted by Crippen LogP contribution is 2.31. The van der Waals surface area contributed by atoms with Gasteiger partial charge in [-0.15, -0.1) is 0 Å². The van der Waals surface area contributed by atoms with Crippen molar-refractivity contribution < 1.29 is 9.53 Å². The van der Waals surface area contributed by atoms with Crippen LogP contribution in [0, 0.1) is 5.92 Å². The van der Waals surface area contributed by atoms with Crippen LogP contribution >= 0.6 is 0 Å². The van der Waals surface area contributed by atoms with Crippen molar-refractivity contribution in [2.24, 2.45) is 5.92 Å². The molecule has 0 saturated heterocycles. The Bertz CT molecular complexity index is 429. The Kier molecular flexibility index (Phi) is 3.22. The highest BCUT2D eigenvalue weighted by Gasteiger charge is 2.25. The SMILES string of the molecule is COc1ccc2c(c1)NC(=O)C(CC(C)C)N2. The molecule has 1 amide bonds. The molecule has 1 aromatic rings. The fraction of sp³-hybridized carbons (Fsp3) is 0.462. The average Bonchev–Trinajstić information content (AvgIpc) is 2.29. The Labute approximate surface area is 101 Å². The van der Waals surface area contributed by atoms with Gasteiger partial charge in [-0.25, -0.2) is 0 Å². The van der Waals surface area contributed by atoms with E-state index < -0.39 is 0 Å². The van der Waals surface area contributed by atoms with E-state index >= 15 is 0 Å². The van der Waals surface area contributed by atoms with E-state index in [1.54, 1.807) is 7.11 Å². The lowest BCUT2D eigenvalue weighted by Crippen LogP contribution is -2.39. The fourth-order valence-corrected chi connectivity index (χ4v) is 1.99. The maximum atomic E-state index is 11.9. The van der Waals surface area contributed by atoms with Gasteiger partial charge in [0.05, 0.1) is 18.5 Å². The van der Waals surface area contributed by atoms with Crippen LogP contribution in [-0.2, 0) is 4.79 Å². The Morgan fingerprint density at radius 3 is 2.76 bits per heavy atom. The molecule has 1 aliphatic heterocycles. The summed E-state index contributed by atoms with van der Waals surface area (Å²) in [4.78, 5) is 11.9. The molecule has 1 atom stereocenters. The maximum absolute atomic E-state index is 11.9. The van der Waals surface area contributed by atoms with Gasteiger partial charge in [0.2, 0.25) is 5.91 Å². The first-order valence-electron chi connectivity index (χ1n) is 5.85. The molecule has 2 rings (SSSR count). The molecule has 0 fully saturated rings. The lowest BCUT2D eigenvalue weighted by atomic mass is 10.0. The number of hydrogen-bond acceptors (Lipinski definition) is 3. The van der Waals surface area contributed by atoms with Crippen molar-refractivity contribution >= 4 is 17.3 Å². The van der Waals surface area contributed by atoms with Crippen LogP contribution in [0.3, 0.4) is 0 Å². The molecule has 17 heavy (non-hydrogen) atoms. The molecule has 0 saturated carbocycles. The van der Waals surface area contributed by atoms with Crippen molar-refractivity contribution in [1.29, 1.82) is 0 Å². The molecule has 2 N–H and O–H groups in total. The van der Waals surface area contributed by atoms with E-state index in [2.05, 4.69) is 24.5 Å². The third-order valence-electron chi connectivity index (χ3n) is 2.84. The fourth-order valence-electron chi connectivity index (χ4n) is 1.99. The van der Waals surface area contributed by atoms with Gasteiger partial charge in [0, 0.05) is 6.07 Å². The molecule has 0 radical (unpaired) electrons. The van der Waals surface area contributed by atoms with E-state index in [1.165, 1.54) is 0 Å². The van der Waals surface area contributed by atoms with Crippen LogP contribution in [0.4, 0.5) is 11.4 Å². The molecule has 1 aliphatic rings. The minimum Gasteiger partial charge on any atom is -0.497 e. The maximum Gasteiger partial charge on any atom is 0.246 e. The molecule has 0 spiro atoms. The Hall–Kier alpha value is -1.71. The zero-order chi connectivity index (χ0) is 12.4. The molecular weight excluding hydrogens is 216 g/mol. The van der Waals surface area contributed by atoms with E-state index in [0.717, 1.165) is 23.5 Å². The first-order chi connectivity index (χ1) is 8.10. The van der Waals surface area contributed by atoms with Gasteiger partial charge in [0.25, 0.3) is 0 Å². The summed E-state index contributed by atoms with van der Waals surface area (Å²) in [5, 5.41) is 6.17. The summed E-state index contributed by atoms with van der Waals surface area (Å²) in [6, 6.07) is 5.50. The van der Waals surface area contributed by atoms with E-state index in [9.17, 15) is 4.79 Å². The number of ether oxygens (including phenoxy) is 1. The molecule has 1 aromatic carbocycles. The Balaban J connectivity index is 2.21. The lowest BCUT2D eigenvalue weighted by Gasteiger charge is -2.28. The van der Waals surface area contributed by atoms with Gasteiger partial charge in [-0.2, -0.15) is 0 Å². The normalized spacial score (nSPS) is 18.4. The van der Waals surface area contributed by atoms with Gasteiger partial charge >= 0.3 is 0 Å². The molecule has 4 heteroatoms. The van der Waals surface area contributed by atoms with Crippen molar-refractivity contribution in [3.63, 3.8) is 0 Å². The van der Waals surface area contributed by atoms with Crippen LogP contribution in [-0.4, -0.2) is 19.1 Å². The molecule has 0 aromatic heterocycles. The highest BCUT2D eigenvalue weighted by atomic mass is 16.5. The molecule has 1 unspecified atom stereocenters. The predicted octanol–water partition coefficient (Wildman–Crippen LogP) is 2.47. The largest absolute Gasteiger partial charge is 0.497 e. The van der Waals surface area contributed by atoms with E-state index in [-0.39, 0.29) is 11.9 Å². The van der Waals surface area contributed by atoms with Crippen molar-refractivity contribution in [2.45, 2.75) is 26.3 Å². The predicted molar refractivity (Wildman–Crippen MR) is 68.5 cm³/mol. The zero-order valence-corrected chi connectivity index (χ0v) is 10.4. The van der Waals surface area contributed by atoms with E-state index in [0.29, 0.717) is 5.92 Å². The van der Waals surface area contributed by atoms with E-state index in [1.807, 2.05) is 18.2 Å². The lowest BCUT2D eigenvalue weighted by molar-refractivity contribution is -0.117. The zero-order valence-electron chi connectivity index (χ0n) is 10.4. The minimum atomic E-state index is -0.143. The van der Waals surface area contributed by atoms with Gasteiger partial charge in [-0.3, -0.25) is 4.79 Å². The standard InChI is InChI=1S/C13H18N2O2/c1-8(2)6-12-13(16)15-11-7-9(17-3)4-5-10(11)14-12/h4-5,7-8,12,14H,6H2,1-3H3,(H,15,16). The number of benzene rings is 1. The Morgan fingerprint density at radius 2 is 2.12 bits per heavy atom. The number of carbonyl (C=O) groups is 1. The van der Waals surface area contributed by atoms with Crippen molar-refractivity contribution in [2.75, 3.05) is 17.7 Å². The van der Waals surface area contributed by atoms with Crippen molar-refractivity contribution in [3.05, 3.63) is 18.2 Å². The second-order valence-electron chi connectivity index (χ2n) is 4.73. The molecular formula is C13H18N2O2. The molecule has 92 valence electrons. The van der Waals surface area contributed by atoms with Crippen LogP contribution in [0.1, 0.15) is 20.3 Å². The second kappa shape index (κ2) is 4.65. The summed E-state index contributed by atoms with van der Waals surface area (Å²) in [6.07, 6.45) is 0.831. The molecule has 1 heterocycles.